The van der Waals surface area contributed by atoms with Crippen LogP contribution in [0.4, 0.5) is 5.69 Å². The molecule has 1 heterocycles. The van der Waals surface area contributed by atoms with Gasteiger partial charge in [-0.15, -0.1) is 15.0 Å². The van der Waals surface area contributed by atoms with Crippen molar-refractivity contribution in [3.05, 3.63) is 88.9 Å². The summed E-state index contributed by atoms with van der Waals surface area (Å²) in [5, 5.41) is 17.8. The van der Waals surface area contributed by atoms with Crippen LogP contribution >= 0.6 is 23.8 Å². The van der Waals surface area contributed by atoms with Crippen molar-refractivity contribution in [1.82, 2.24) is 20.3 Å². The molecule has 174 valence electrons. The highest BCUT2D eigenvalue weighted by molar-refractivity contribution is 7.80. The van der Waals surface area contributed by atoms with E-state index < -0.39 is 0 Å². The molecule has 0 aliphatic heterocycles. The summed E-state index contributed by atoms with van der Waals surface area (Å²) in [7, 11) is 1.51. The average Bonchev–Trinajstić information content (AvgIpc) is 3.26. The summed E-state index contributed by atoms with van der Waals surface area (Å²) in [4.78, 5) is 14.2. The molecule has 1 aromatic heterocycles. The summed E-state index contributed by atoms with van der Waals surface area (Å²) in [6, 6.07) is 22.7. The number of aromatic nitrogens is 3. The molecule has 4 aromatic carbocycles. The van der Waals surface area contributed by atoms with Crippen LogP contribution in [0.2, 0.25) is 5.02 Å². The lowest BCUT2D eigenvalue weighted by molar-refractivity contribution is 0.0977. The van der Waals surface area contributed by atoms with Crippen molar-refractivity contribution in [3.63, 3.8) is 0 Å². The number of nitrogens with zero attached hydrogens (tertiary/aromatic N) is 3. The third kappa shape index (κ3) is 4.53. The number of rotatable bonds is 4. The van der Waals surface area contributed by atoms with Crippen molar-refractivity contribution >= 4 is 62.3 Å². The van der Waals surface area contributed by atoms with E-state index in [-0.39, 0.29) is 11.0 Å². The lowest BCUT2D eigenvalue weighted by atomic mass is 10.1. The molecule has 0 aliphatic rings. The fourth-order valence-corrected chi connectivity index (χ4v) is 4.29. The quantitative estimate of drug-likeness (QED) is 0.309. The summed E-state index contributed by atoms with van der Waals surface area (Å²) in [6.07, 6.45) is 0. The molecule has 0 fully saturated rings. The number of carbonyl (C=O) groups excluding carboxylic acids is 1. The van der Waals surface area contributed by atoms with Crippen molar-refractivity contribution in [2.24, 2.45) is 0 Å². The van der Waals surface area contributed by atoms with Crippen LogP contribution in [0.3, 0.4) is 0 Å². The highest BCUT2D eigenvalue weighted by Crippen LogP contribution is 2.26. The van der Waals surface area contributed by atoms with Gasteiger partial charge < -0.3 is 10.1 Å². The molecule has 2 N–H and O–H groups in total. The first-order valence-corrected chi connectivity index (χ1v) is 11.5. The van der Waals surface area contributed by atoms with Gasteiger partial charge in [0.1, 0.15) is 16.8 Å². The number of ether oxygens (including phenoxy) is 1. The summed E-state index contributed by atoms with van der Waals surface area (Å²) in [6.45, 7) is 1.94. The molecule has 0 atom stereocenters. The predicted molar refractivity (Wildman–Crippen MR) is 143 cm³/mol. The number of benzene rings is 4. The van der Waals surface area contributed by atoms with E-state index in [9.17, 15) is 4.79 Å². The fraction of sp³-hybridized carbons (Fsp3) is 0.0769. The van der Waals surface area contributed by atoms with Gasteiger partial charge in [-0.1, -0.05) is 48.0 Å². The maximum atomic E-state index is 12.6. The van der Waals surface area contributed by atoms with Crippen molar-refractivity contribution in [3.8, 4) is 11.4 Å². The monoisotopic (exact) mass is 501 g/mol. The van der Waals surface area contributed by atoms with E-state index in [4.69, 9.17) is 28.6 Å². The fourth-order valence-electron chi connectivity index (χ4n) is 3.83. The largest absolute Gasteiger partial charge is 0.495 e. The van der Waals surface area contributed by atoms with E-state index in [1.54, 1.807) is 16.9 Å². The second-order valence-electron chi connectivity index (χ2n) is 7.90. The normalized spacial score (nSPS) is 10.9. The van der Waals surface area contributed by atoms with E-state index in [0.29, 0.717) is 21.9 Å². The SMILES string of the molecule is COc1ccc(C(=O)NC(=S)Nc2cc3nn(-c4cccc5ccccc45)nc3cc2C)cc1Cl. The molecular weight excluding hydrogens is 482 g/mol. The molecule has 0 saturated carbocycles. The van der Waals surface area contributed by atoms with Crippen LogP contribution in [0.25, 0.3) is 27.5 Å². The molecule has 0 saturated heterocycles. The topological polar surface area (TPSA) is 81.1 Å². The molecular formula is C26H20ClN5O2S. The zero-order chi connectivity index (χ0) is 24.5. The van der Waals surface area contributed by atoms with Gasteiger partial charge in [-0.25, -0.2) is 0 Å². The van der Waals surface area contributed by atoms with Gasteiger partial charge in [-0.3, -0.25) is 10.1 Å². The van der Waals surface area contributed by atoms with Crippen LogP contribution in [0, 0.1) is 6.92 Å². The average molecular weight is 502 g/mol. The Kier molecular flexibility index (Phi) is 6.07. The van der Waals surface area contributed by atoms with Crippen LogP contribution < -0.4 is 15.4 Å². The molecule has 0 bridgehead atoms. The summed E-state index contributed by atoms with van der Waals surface area (Å²) in [5.74, 6) is 0.108. The molecule has 5 aromatic rings. The number of anilines is 1. The number of aryl methyl sites for hydroxylation is 1. The Morgan fingerprint density at radius 1 is 1.00 bits per heavy atom. The Balaban J connectivity index is 1.38. The van der Waals surface area contributed by atoms with Crippen molar-refractivity contribution < 1.29 is 9.53 Å². The van der Waals surface area contributed by atoms with Crippen molar-refractivity contribution in [2.75, 3.05) is 12.4 Å². The second kappa shape index (κ2) is 9.32. The van der Waals surface area contributed by atoms with Gasteiger partial charge in [0, 0.05) is 16.6 Å². The highest BCUT2D eigenvalue weighted by Gasteiger charge is 2.14. The zero-order valence-electron chi connectivity index (χ0n) is 18.9. The van der Waals surface area contributed by atoms with Gasteiger partial charge in [0.2, 0.25) is 0 Å². The Bertz CT molecular complexity index is 1610. The van der Waals surface area contributed by atoms with E-state index in [1.807, 2.05) is 49.4 Å². The molecule has 5 rings (SSSR count). The molecule has 9 heteroatoms. The first kappa shape index (κ1) is 22.8. The van der Waals surface area contributed by atoms with Crippen molar-refractivity contribution in [2.45, 2.75) is 6.92 Å². The van der Waals surface area contributed by atoms with E-state index >= 15 is 0 Å². The molecule has 0 unspecified atom stereocenters. The number of nitrogens with one attached hydrogen (secondary N) is 2. The van der Waals surface area contributed by atoms with Crippen molar-refractivity contribution in [1.29, 1.82) is 0 Å². The zero-order valence-corrected chi connectivity index (χ0v) is 20.4. The number of carbonyl (C=O) groups is 1. The van der Waals surface area contributed by atoms with Gasteiger partial charge in [0.25, 0.3) is 5.91 Å². The van der Waals surface area contributed by atoms with Gasteiger partial charge in [0.15, 0.2) is 5.11 Å². The van der Waals surface area contributed by atoms with E-state index in [2.05, 4.69) is 33.0 Å². The number of methoxy groups -OCH3 is 1. The number of hydrogen-bond donors (Lipinski definition) is 2. The smallest absolute Gasteiger partial charge is 0.257 e. The highest BCUT2D eigenvalue weighted by atomic mass is 35.5. The first-order chi connectivity index (χ1) is 16.9. The predicted octanol–water partition coefficient (Wildman–Crippen LogP) is 5.67. The number of fused-ring (bicyclic) bond motifs is 2. The summed E-state index contributed by atoms with van der Waals surface area (Å²) in [5.41, 5.74) is 4.34. The third-order valence-corrected chi connectivity index (χ3v) is 6.10. The van der Waals surface area contributed by atoms with Gasteiger partial charge in [-0.05, 0) is 66.5 Å². The Labute approximate surface area is 211 Å². The first-order valence-electron chi connectivity index (χ1n) is 10.7. The van der Waals surface area contributed by atoms with E-state index in [0.717, 1.165) is 33.2 Å². The molecule has 0 spiro atoms. The summed E-state index contributed by atoms with van der Waals surface area (Å²) < 4.78 is 5.12. The Morgan fingerprint density at radius 2 is 1.74 bits per heavy atom. The minimum absolute atomic E-state index is 0.158. The minimum atomic E-state index is -0.382. The van der Waals surface area contributed by atoms with Gasteiger partial charge >= 0.3 is 0 Å². The van der Waals surface area contributed by atoms with Crippen LogP contribution in [-0.2, 0) is 0 Å². The number of hydrogen-bond acceptors (Lipinski definition) is 5. The maximum Gasteiger partial charge on any atom is 0.257 e. The molecule has 1 amide bonds. The lowest BCUT2D eigenvalue weighted by Crippen LogP contribution is -2.34. The van der Waals surface area contributed by atoms with Gasteiger partial charge in [0.05, 0.1) is 17.8 Å². The number of halogens is 1. The van der Waals surface area contributed by atoms with Crippen LogP contribution in [0.1, 0.15) is 15.9 Å². The second-order valence-corrected chi connectivity index (χ2v) is 8.72. The number of amides is 1. The third-order valence-electron chi connectivity index (χ3n) is 5.60. The van der Waals surface area contributed by atoms with Crippen LogP contribution in [0.15, 0.2) is 72.8 Å². The Hall–Kier alpha value is -4.01. The molecule has 0 aliphatic carbocycles. The van der Waals surface area contributed by atoms with Crippen LogP contribution in [-0.4, -0.2) is 33.1 Å². The molecule has 7 nitrogen and oxygen atoms in total. The molecule has 0 radical (unpaired) electrons. The Morgan fingerprint density at radius 3 is 2.51 bits per heavy atom. The van der Waals surface area contributed by atoms with Crippen LogP contribution in [0.5, 0.6) is 5.75 Å². The van der Waals surface area contributed by atoms with E-state index in [1.165, 1.54) is 13.2 Å². The standard InChI is InChI=1S/C26H20ClN5O2S/c1-15-12-21-22(31-32(30-21)23-9-5-7-16-6-3-4-8-18(16)23)14-20(15)28-26(35)29-25(33)17-10-11-24(34-2)19(27)13-17/h3-14H,1-2H3,(H2,28,29,33,35). The molecule has 35 heavy (non-hydrogen) atoms. The maximum absolute atomic E-state index is 12.6. The lowest BCUT2D eigenvalue weighted by Gasteiger charge is -2.12. The van der Waals surface area contributed by atoms with Gasteiger partial charge in [-0.2, -0.15) is 0 Å². The minimum Gasteiger partial charge on any atom is -0.495 e. The summed E-state index contributed by atoms with van der Waals surface area (Å²) >= 11 is 11.5. The number of thiocarbonyl (C=S) groups is 1.